The Bertz CT molecular complexity index is 444. The van der Waals surface area contributed by atoms with Crippen LogP contribution in [0.5, 0.6) is 0 Å². The second-order valence-corrected chi connectivity index (χ2v) is 5.85. The van der Waals surface area contributed by atoms with E-state index in [4.69, 9.17) is 11.6 Å². The van der Waals surface area contributed by atoms with Crippen LogP contribution in [0.15, 0.2) is 18.2 Å². The maximum Gasteiger partial charge on any atom is 0.221 e. The molecule has 0 spiro atoms. The molecule has 3 nitrogen and oxygen atoms in total. The van der Waals surface area contributed by atoms with E-state index in [2.05, 4.69) is 10.6 Å². The Hall–Kier alpha value is -1.13. The first-order valence-corrected chi connectivity index (χ1v) is 6.62. The SMILES string of the molecule is CC(C)(C)NC(=O)CCNCc1cccc(Cl)c1F. The first-order chi connectivity index (χ1) is 8.79. The molecule has 1 aromatic carbocycles. The van der Waals surface area contributed by atoms with E-state index in [0.29, 0.717) is 25.1 Å². The van der Waals surface area contributed by atoms with E-state index in [9.17, 15) is 9.18 Å². The Labute approximate surface area is 118 Å². The molecule has 5 heteroatoms. The van der Waals surface area contributed by atoms with Gasteiger partial charge in [-0.05, 0) is 26.8 Å². The molecule has 2 N–H and O–H groups in total. The van der Waals surface area contributed by atoms with E-state index in [0.717, 1.165) is 0 Å². The fourth-order valence-electron chi connectivity index (χ4n) is 1.59. The normalized spacial score (nSPS) is 11.4. The molecule has 0 bridgehead atoms. The van der Waals surface area contributed by atoms with Gasteiger partial charge < -0.3 is 10.6 Å². The molecular formula is C14H20ClFN2O. The lowest BCUT2D eigenvalue weighted by Gasteiger charge is -2.20. The van der Waals surface area contributed by atoms with Gasteiger partial charge in [0.2, 0.25) is 5.91 Å². The topological polar surface area (TPSA) is 41.1 Å². The maximum atomic E-state index is 13.6. The first-order valence-electron chi connectivity index (χ1n) is 6.24. The van der Waals surface area contributed by atoms with Crippen molar-refractivity contribution in [3.63, 3.8) is 0 Å². The summed E-state index contributed by atoms with van der Waals surface area (Å²) in [5, 5.41) is 6.01. The van der Waals surface area contributed by atoms with Gasteiger partial charge in [0, 0.05) is 30.6 Å². The molecule has 1 rings (SSSR count). The summed E-state index contributed by atoms with van der Waals surface area (Å²) in [7, 11) is 0. The monoisotopic (exact) mass is 286 g/mol. The third-order valence-electron chi connectivity index (χ3n) is 2.39. The van der Waals surface area contributed by atoms with Crippen LogP contribution in [0.25, 0.3) is 0 Å². The van der Waals surface area contributed by atoms with Crippen LogP contribution in [0.3, 0.4) is 0 Å². The lowest BCUT2D eigenvalue weighted by atomic mass is 10.1. The van der Waals surface area contributed by atoms with Crippen LogP contribution in [0.1, 0.15) is 32.8 Å². The zero-order chi connectivity index (χ0) is 14.5. The molecule has 0 saturated heterocycles. The molecule has 19 heavy (non-hydrogen) atoms. The number of carbonyl (C=O) groups is 1. The molecule has 0 atom stereocenters. The van der Waals surface area contributed by atoms with Crippen molar-refractivity contribution < 1.29 is 9.18 Å². The number of nitrogens with one attached hydrogen (secondary N) is 2. The van der Waals surface area contributed by atoms with Crippen molar-refractivity contribution in [3.05, 3.63) is 34.6 Å². The van der Waals surface area contributed by atoms with Crippen molar-refractivity contribution in [2.45, 2.75) is 39.3 Å². The van der Waals surface area contributed by atoms with Crippen LogP contribution >= 0.6 is 11.6 Å². The Morgan fingerprint density at radius 2 is 2.05 bits per heavy atom. The molecule has 1 amide bonds. The second-order valence-electron chi connectivity index (χ2n) is 5.44. The summed E-state index contributed by atoms with van der Waals surface area (Å²) in [6, 6.07) is 4.88. The van der Waals surface area contributed by atoms with E-state index < -0.39 is 5.82 Å². The van der Waals surface area contributed by atoms with E-state index in [1.165, 1.54) is 6.07 Å². The number of amides is 1. The summed E-state index contributed by atoms with van der Waals surface area (Å²) in [6.07, 6.45) is 0.361. The van der Waals surface area contributed by atoms with Gasteiger partial charge in [-0.2, -0.15) is 0 Å². The summed E-state index contributed by atoms with van der Waals surface area (Å²) < 4.78 is 13.6. The minimum absolute atomic E-state index is 0.0217. The molecular weight excluding hydrogens is 267 g/mol. The van der Waals surface area contributed by atoms with Crippen molar-refractivity contribution >= 4 is 17.5 Å². The molecule has 0 aliphatic rings. The molecule has 0 aliphatic heterocycles. The second kappa shape index (κ2) is 6.87. The van der Waals surface area contributed by atoms with Crippen molar-refractivity contribution in [1.29, 1.82) is 0 Å². The smallest absolute Gasteiger partial charge is 0.221 e. The molecule has 0 aromatic heterocycles. The Morgan fingerprint density at radius 1 is 1.37 bits per heavy atom. The van der Waals surface area contributed by atoms with Crippen molar-refractivity contribution in [2.24, 2.45) is 0 Å². The number of benzene rings is 1. The van der Waals surface area contributed by atoms with Gasteiger partial charge in [-0.25, -0.2) is 4.39 Å². The fourth-order valence-corrected chi connectivity index (χ4v) is 1.78. The van der Waals surface area contributed by atoms with E-state index >= 15 is 0 Å². The number of hydrogen-bond donors (Lipinski definition) is 2. The molecule has 0 fully saturated rings. The van der Waals surface area contributed by atoms with E-state index in [-0.39, 0.29) is 16.5 Å². The van der Waals surface area contributed by atoms with Gasteiger partial charge in [-0.3, -0.25) is 4.79 Å². The van der Waals surface area contributed by atoms with Crippen LogP contribution in [0.2, 0.25) is 5.02 Å². The number of rotatable bonds is 5. The van der Waals surface area contributed by atoms with Crippen molar-refractivity contribution in [2.75, 3.05) is 6.54 Å². The minimum Gasteiger partial charge on any atom is -0.351 e. The van der Waals surface area contributed by atoms with Crippen LogP contribution in [-0.4, -0.2) is 18.0 Å². The maximum absolute atomic E-state index is 13.6. The highest BCUT2D eigenvalue weighted by molar-refractivity contribution is 6.30. The quantitative estimate of drug-likeness (QED) is 0.817. The average molecular weight is 287 g/mol. The van der Waals surface area contributed by atoms with Crippen LogP contribution in [0, 0.1) is 5.82 Å². The molecule has 106 valence electrons. The summed E-state index contributed by atoms with van der Waals surface area (Å²) >= 11 is 5.68. The first kappa shape index (κ1) is 15.9. The highest BCUT2D eigenvalue weighted by Gasteiger charge is 2.13. The number of hydrogen-bond acceptors (Lipinski definition) is 2. The fraction of sp³-hybridized carbons (Fsp3) is 0.500. The molecule has 0 heterocycles. The summed E-state index contributed by atoms with van der Waals surface area (Å²) in [6.45, 7) is 6.64. The Morgan fingerprint density at radius 3 is 2.68 bits per heavy atom. The number of carbonyl (C=O) groups excluding carboxylic acids is 1. The van der Waals surface area contributed by atoms with Gasteiger partial charge in [0.25, 0.3) is 0 Å². The van der Waals surface area contributed by atoms with Gasteiger partial charge >= 0.3 is 0 Å². The average Bonchev–Trinajstić information content (AvgIpc) is 2.27. The Balaban J connectivity index is 2.32. The minimum atomic E-state index is -0.407. The van der Waals surface area contributed by atoms with Gasteiger partial charge in [0.05, 0.1) is 5.02 Å². The summed E-state index contributed by atoms with van der Waals surface area (Å²) in [5.74, 6) is -0.428. The third-order valence-corrected chi connectivity index (χ3v) is 2.68. The third kappa shape index (κ3) is 6.03. The zero-order valence-electron chi connectivity index (χ0n) is 11.5. The summed E-state index contributed by atoms with van der Waals surface area (Å²) in [4.78, 5) is 11.5. The summed E-state index contributed by atoms with van der Waals surface area (Å²) in [5.41, 5.74) is 0.277. The zero-order valence-corrected chi connectivity index (χ0v) is 12.3. The lowest BCUT2D eigenvalue weighted by molar-refractivity contribution is -0.122. The van der Waals surface area contributed by atoms with Gasteiger partial charge in [-0.1, -0.05) is 23.7 Å². The highest BCUT2D eigenvalue weighted by Crippen LogP contribution is 2.17. The van der Waals surface area contributed by atoms with Crippen LogP contribution in [-0.2, 0) is 11.3 Å². The molecule has 0 saturated carbocycles. The molecule has 0 aliphatic carbocycles. The van der Waals surface area contributed by atoms with Gasteiger partial charge in [0.15, 0.2) is 0 Å². The van der Waals surface area contributed by atoms with Crippen molar-refractivity contribution in [3.8, 4) is 0 Å². The molecule has 0 unspecified atom stereocenters. The van der Waals surface area contributed by atoms with E-state index in [1.54, 1.807) is 12.1 Å². The molecule has 0 radical (unpaired) electrons. The van der Waals surface area contributed by atoms with E-state index in [1.807, 2.05) is 20.8 Å². The van der Waals surface area contributed by atoms with Crippen LogP contribution in [0.4, 0.5) is 4.39 Å². The largest absolute Gasteiger partial charge is 0.351 e. The van der Waals surface area contributed by atoms with Gasteiger partial charge in [0.1, 0.15) is 5.82 Å². The van der Waals surface area contributed by atoms with Crippen molar-refractivity contribution in [1.82, 2.24) is 10.6 Å². The standard InChI is InChI=1S/C14H20ClFN2O/c1-14(2,3)18-12(19)7-8-17-9-10-5-4-6-11(15)13(10)16/h4-6,17H,7-9H2,1-3H3,(H,18,19). The van der Waals surface area contributed by atoms with Gasteiger partial charge in [-0.15, -0.1) is 0 Å². The van der Waals surface area contributed by atoms with Crippen LogP contribution < -0.4 is 10.6 Å². The molecule has 1 aromatic rings. The predicted molar refractivity (Wildman–Crippen MR) is 75.6 cm³/mol. The highest BCUT2D eigenvalue weighted by atomic mass is 35.5. The Kier molecular flexibility index (Phi) is 5.76. The number of halogens is 2. The lowest BCUT2D eigenvalue weighted by Crippen LogP contribution is -2.41. The predicted octanol–water partition coefficient (Wildman–Crippen LogP) is 2.87.